The van der Waals surface area contributed by atoms with Crippen LogP contribution in [0.4, 0.5) is 5.82 Å². The number of nitrogens with zero attached hydrogens (tertiary/aromatic N) is 3. The van der Waals surface area contributed by atoms with Gasteiger partial charge in [-0.2, -0.15) is 0 Å². The van der Waals surface area contributed by atoms with Crippen LogP contribution in [0.2, 0.25) is 0 Å². The lowest BCUT2D eigenvalue weighted by Crippen LogP contribution is -2.05. The Balaban J connectivity index is 2.07. The molecule has 5 heteroatoms. The number of ether oxygens (including phenoxy) is 1. The normalized spacial score (nSPS) is 14.1. The van der Waals surface area contributed by atoms with Crippen molar-refractivity contribution >= 4 is 5.82 Å². The number of hydrogen-bond acceptors (Lipinski definition) is 5. The molecule has 2 aromatic heterocycles. The lowest BCUT2D eigenvalue weighted by molar-refractivity contribution is 0.414. The van der Waals surface area contributed by atoms with Crippen LogP contribution in [-0.4, -0.2) is 28.6 Å². The average Bonchev–Trinajstić information content (AvgIpc) is 3.32. The largest absolute Gasteiger partial charge is 0.494 e. The molecule has 1 N–H and O–H groups in total. The summed E-state index contributed by atoms with van der Waals surface area (Å²) in [6.45, 7) is 2.89. The smallest absolute Gasteiger partial charge is 0.146 e. The van der Waals surface area contributed by atoms with Gasteiger partial charge in [-0.25, -0.2) is 9.97 Å². The fraction of sp³-hybridized carbons (Fsp3) is 0.400. The molecule has 0 unspecified atom stereocenters. The minimum absolute atomic E-state index is 0.502. The van der Waals surface area contributed by atoms with Crippen molar-refractivity contribution in [2.75, 3.05) is 19.0 Å². The second-order valence-electron chi connectivity index (χ2n) is 4.86. The van der Waals surface area contributed by atoms with Gasteiger partial charge in [-0.1, -0.05) is 0 Å². The molecule has 1 aliphatic carbocycles. The minimum Gasteiger partial charge on any atom is -0.494 e. The van der Waals surface area contributed by atoms with Gasteiger partial charge in [0.1, 0.15) is 23.1 Å². The summed E-state index contributed by atoms with van der Waals surface area (Å²) < 4.78 is 5.37. The second-order valence-corrected chi connectivity index (χ2v) is 4.86. The molecule has 0 radical (unpaired) electrons. The van der Waals surface area contributed by atoms with Gasteiger partial charge in [0.2, 0.25) is 0 Å². The lowest BCUT2D eigenvalue weighted by atomic mass is 10.2. The molecular weight excluding hydrogens is 252 g/mol. The Bertz CT molecular complexity index is 611. The Morgan fingerprint density at radius 3 is 2.90 bits per heavy atom. The first-order chi connectivity index (χ1) is 9.81. The average molecular weight is 270 g/mol. The van der Waals surface area contributed by atoms with Gasteiger partial charge in [0.15, 0.2) is 0 Å². The van der Waals surface area contributed by atoms with E-state index in [0.717, 1.165) is 35.3 Å². The van der Waals surface area contributed by atoms with Crippen molar-refractivity contribution in [2.45, 2.75) is 25.7 Å². The van der Waals surface area contributed by atoms with Crippen molar-refractivity contribution in [3.63, 3.8) is 0 Å². The Hall–Kier alpha value is -2.17. The Morgan fingerprint density at radius 1 is 1.35 bits per heavy atom. The topological polar surface area (TPSA) is 59.9 Å². The van der Waals surface area contributed by atoms with Crippen LogP contribution in [0.25, 0.3) is 11.4 Å². The number of hydrogen-bond donors (Lipinski definition) is 1. The summed E-state index contributed by atoms with van der Waals surface area (Å²) in [6.07, 6.45) is 4.10. The molecule has 1 saturated carbocycles. The van der Waals surface area contributed by atoms with Gasteiger partial charge in [0.25, 0.3) is 0 Å². The quantitative estimate of drug-likeness (QED) is 0.905. The molecule has 3 rings (SSSR count). The summed E-state index contributed by atoms with van der Waals surface area (Å²) in [4.78, 5) is 13.6. The molecule has 0 bridgehead atoms. The molecule has 0 saturated heterocycles. The first-order valence-electron chi connectivity index (χ1n) is 6.94. The highest BCUT2D eigenvalue weighted by Gasteiger charge is 2.27. The summed E-state index contributed by atoms with van der Waals surface area (Å²) in [5.74, 6) is 3.00. The van der Waals surface area contributed by atoms with Gasteiger partial charge in [-0.05, 0) is 31.9 Å². The van der Waals surface area contributed by atoms with Crippen LogP contribution >= 0.6 is 0 Å². The zero-order chi connectivity index (χ0) is 13.9. The van der Waals surface area contributed by atoms with E-state index in [4.69, 9.17) is 4.74 Å². The molecule has 0 aliphatic heterocycles. The van der Waals surface area contributed by atoms with Crippen LogP contribution in [0.15, 0.2) is 24.4 Å². The van der Waals surface area contributed by atoms with E-state index in [9.17, 15) is 0 Å². The monoisotopic (exact) mass is 270 g/mol. The molecule has 1 aliphatic rings. The summed E-state index contributed by atoms with van der Waals surface area (Å²) in [5, 5.41) is 3.26. The van der Waals surface area contributed by atoms with Gasteiger partial charge >= 0.3 is 0 Å². The zero-order valence-electron chi connectivity index (χ0n) is 11.8. The standard InChI is InChI=1S/C15H18N4O/c1-3-16-13-9-11(18-15(19-13)10-6-7-10)14-12(20-2)5-4-8-17-14/h4-5,8-10H,3,6-7H2,1-2H3,(H,16,18,19). The van der Waals surface area contributed by atoms with E-state index >= 15 is 0 Å². The number of aromatic nitrogens is 3. The third kappa shape index (κ3) is 2.57. The Morgan fingerprint density at radius 2 is 2.20 bits per heavy atom. The van der Waals surface area contributed by atoms with E-state index in [0.29, 0.717) is 5.92 Å². The van der Waals surface area contributed by atoms with Crippen molar-refractivity contribution in [3.05, 3.63) is 30.2 Å². The van der Waals surface area contributed by atoms with Crippen LogP contribution in [0, 0.1) is 0 Å². The molecule has 1 fully saturated rings. The fourth-order valence-electron chi connectivity index (χ4n) is 2.13. The lowest BCUT2D eigenvalue weighted by Gasteiger charge is -2.10. The first-order valence-corrected chi connectivity index (χ1v) is 6.94. The zero-order valence-corrected chi connectivity index (χ0v) is 11.8. The van der Waals surface area contributed by atoms with Crippen molar-refractivity contribution in [2.24, 2.45) is 0 Å². The van der Waals surface area contributed by atoms with E-state index < -0.39 is 0 Å². The molecular formula is C15H18N4O. The molecule has 20 heavy (non-hydrogen) atoms. The van der Waals surface area contributed by atoms with Crippen LogP contribution in [0.5, 0.6) is 5.75 Å². The second kappa shape index (κ2) is 5.45. The van der Waals surface area contributed by atoms with Gasteiger partial charge < -0.3 is 10.1 Å². The van der Waals surface area contributed by atoms with Crippen LogP contribution < -0.4 is 10.1 Å². The third-order valence-electron chi connectivity index (χ3n) is 3.28. The van der Waals surface area contributed by atoms with Crippen LogP contribution in [0.3, 0.4) is 0 Å². The highest BCUT2D eigenvalue weighted by atomic mass is 16.5. The summed E-state index contributed by atoms with van der Waals surface area (Å²) in [5.41, 5.74) is 1.58. The van der Waals surface area contributed by atoms with Crippen LogP contribution in [-0.2, 0) is 0 Å². The SMILES string of the molecule is CCNc1cc(-c2ncccc2OC)nc(C2CC2)n1. The van der Waals surface area contributed by atoms with Crippen molar-refractivity contribution < 1.29 is 4.74 Å². The fourth-order valence-corrected chi connectivity index (χ4v) is 2.13. The van der Waals surface area contributed by atoms with E-state index in [2.05, 4.69) is 27.2 Å². The maximum absolute atomic E-state index is 5.37. The number of pyridine rings is 1. The maximum atomic E-state index is 5.37. The van der Waals surface area contributed by atoms with Crippen molar-refractivity contribution in [1.29, 1.82) is 0 Å². The molecule has 0 atom stereocenters. The summed E-state index contributed by atoms with van der Waals surface area (Å²) in [7, 11) is 1.65. The van der Waals surface area contributed by atoms with Crippen molar-refractivity contribution in [3.8, 4) is 17.1 Å². The molecule has 2 aromatic rings. The number of anilines is 1. The predicted octanol–water partition coefficient (Wildman–Crippen LogP) is 2.86. The molecule has 5 nitrogen and oxygen atoms in total. The van der Waals surface area contributed by atoms with E-state index in [-0.39, 0.29) is 0 Å². The van der Waals surface area contributed by atoms with Gasteiger partial charge in [-0.15, -0.1) is 0 Å². The van der Waals surface area contributed by atoms with E-state index in [1.807, 2.05) is 18.2 Å². The summed E-state index contributed by atoms with van der Waals surface area (Å²) >= 11 is 0. The van der Waals surface area contributed by atoms with Crippen molar-refractivity contribution in [1.82, 2.24) is 15.0 Å². The highest BCUT2D eigenvalue weighted by Crippen LogP contribution is 2.39. The number of rotatable bonds is 5. The Labute approximate surface area is 118 Å². The van der Waals surface area contributed by atoms with Gasteiger partial charge in [0, 0.05) is 24.7 Å². The third-order valence-corrected chi connectivity index (χ3v) is 3.28. The number of nitrogens with one attached hydrogen (secondary N) is 1. The van der Waals surface area contributed by atoms with E-state index in [1.54, 1.807) is 13.3 Å². The highest BCUT2D eigenvalue weighted by molar-refractivity contribution is 5.65. The van der Waals surface area contributed by atoms with Crippen LogP contribution in [0.1, 0.15) is 31.5 Å². The van der Waals surface area contributed by atoms with Gasteiger partial charge in [-0.3, -0.25) is 4.98 Å². The molecule has 2 heterocycles. The maximum Gasteiger partial charge on any atom is 0.146 e. The predicted molar refractivity (Wildman–Crippen MR) is 78.0 cm³/mol. The Kier molecular flexibility index (Phi) is 3.50. The summed E-state index contributed by atoms with van der Waals surface area (Å²) in [6, 6.07) is 5.69. The molecule has 0 spiro atoms. The van der Waals surface area contributed by atoms with Gasteiger partial charge in [0.05, 0.1) is 12.8 Å². The minimum atomic E-state index is 0.502. The molecule has 0 amide bonds. The van der Waals surface area contributed by atoms with E-state index in [1.165, 1.54) is 12.8 Å². The first kappa shape index (κ1) is 12.8. The number of methoxy groups -OCH3 is 1. The molecule has 0 aromatic carbocycles. The molecule has 104 valence electrons.